The minimum absolute atomic E-state index is 0.0409. The summed E-state index contributed by atoms with van der Waals surface area (Å²) in [5.74, 6) is 0.895. The summed E-state index contributed by atoms with van der Waals surface area (Å²) in [6, 6.07) is 4.81. The average Bonchev–Trinajstić information content (AvgIpc) is 2.90. The molecule has 4 rings (SSSR count). The number of hydrogen-bond acceptors (Lipinski definition) is 7. The molecular weight excluding hydrogens is 416 g/mol. The molecular formula is C22H28N4O4S. The summed E-state index contributed by atoms with van der Waals surface area (Å²) < 4.78 is 24.2. The fourth-order valence-corrected chi connectivity index (χ4v) is 5.69. The molecule has 1 aliphatic heterocycles. The lowest BCUT2D eigenvalue weighted by molar-refractivity contribution is -0.140. The number of anilines is 3. The van der Waals surface area contributed by atoms with E-state index >= 15 is 0 Å². The summed E-state index contributed by atoms with van der Waals surface area (Å²) in [6.45, 7) is 9.05. The molecule has 2 N–H and O–H groups in total. The molecule has 0 unspecified atom stereocenters. The van der Waals surface area contributed by atoms with E-state index < -0.39 is 20.9 Å². The van der Waals surface area contributed by atoms with E-state index in [1.54, 1.807) is 43.1 Å². The largest absolute Gasteiger partial charge is 0.390 e. The number of amides is 1. The first-order valence-corrected chi connectivity index (χ1v) is 12.1. The molecule has 1 aromatic carbocycles. The van der Waals surface area contributed by atoms with Crippen LogP contribution in [0.1, 0.15) is 51.7 Å². The fraction of sp³-hybridized carbons (Fsp3) is 0.500. The SMILES string of the molecule is CCS(=O)(=O)c1ccc(Nc2ncc3c(n2)N(C(C)C)C(=O)C32CC(C)(O)C2)c(C)c1. The molecule has 2 aliphatic rings. The van der Waals surface area contributed by atoms with Crippen LogP contribution in [-0.4, -0.2) is 46.8 Å². The van der Waals surface area contributed by atoms with Gasteiger partial charge in [-0.05, 0) is 64.3 Å². The number of benzene rings is 1. The van der Waals surface area contributed by atoms with Gasteiger partial charge in [-0.2, -0.15) is 4.98 Å². The Morgan fingerprint density at radius 1 is 1.29 bits per heavy atom. The monoisotopic (exact) mass is 444 g/mol. The molecule has 1 aliphatic carbocycles. The molecule has 1 aromatic heterocycles. The Hall–Kier alpha value is -2.52. The topological polar surface area (TPSA) is 112 Å². The highest BCUT2D eigenvalue weighted by molar-refractivity contribution is 7.91. The van der Waals surface area contributed by atoms with Crippen molar-refractivity contribution in [2.75, 3.05) is 16.0 Å². The zero-order valence-electron chi connectivity index (χ0n) is 18.4. The number of aromatic nitrogens is 2. The van der Waals surface area contributed by atoms with Gasteiger partial charge in [0, 0.05) is 23.5 Å². The van der Waals surface area contributed by atoms with Crippen molar-refractivity contribution in [1.29, 1.82) is 0 Å². The van der Waals surface area contributed by atoms with Crippen molar-refractivity contribution >= 4 is 33.2 Å². The summed E-state index contributed by atoms with van der Waals surface area (Å²) >= 11 is 0. The molecule has 1 amide bonds. The first-order chi connectivity index (χ1) is 14.4. The number of nitrogens with one attached hydrogen (secondary N) is 1. The second kappa shape index (κ2) is 7.00. The Balaban J connectivity index is 1.69. The van der Waals surface area contributed by atoms with Crippen molar-refractivity contribution in [3.05, 3.63) is 35.5 Å². The summed E-state index contributed by atoms with van der Waals surface area (Å²) in [7, 11) is -3.28. The van der Waals surface area contributed by atoms with Crippen LogP contribution in [0.5, 0.6) is 0 Å². The van der Waals surface area contributed by atoms with Gasteiger partial charge in [0.05, 0.1) is 21.7 Å². The van der Waals surface area contributed by atoms with Gasteiger partial charge in [-0.3, -0.25) is 9.69 Å². The van der Waals surface area contributed by atoms with Gasteiger partial charge in [-0.1, -0.05) is 6.92 Å². The van der Waals surface area contributed by atoms with Gasteiger partial charge in [-0.15, -0.1) is 0 Å². The van der Waals surface area contributed by atoms with E-state index in [2.05, 4.69) is 15.3 Å². The Kier molecular flexibility index (Phi) is 4.90. The van der Waals surface area contributed by atoms with Gasteiger partial charge < -0.3 is 10.4 Å². The van der Waals surface area contributed by atoms with Gasteiger partial charge in [0.2, 0.25) is 11.9 Å². The number of aryl methyl sites for hydroxylation is 1. The lowest BCUT2D eigenvalue weighted by Gasteiger charge is -2.48. The van der Waals surface area contributed by atoms with Crippen LogP contribution in [0.4, 0.5) is 17.5 Å². The predicted octanol–water partition coefficient (Wildman–Crippen LogP) is 2.86. The highest BCUT2D eigenvalue weighted by Gasteiger charge is 2.63. The molecule has 9 heteroatoms. The van der Waals surface area contributed by atoms with Gasteiger partial charge in [0.15, 0.2) is 9.84 Å². The van der Waals surface area contributed by atoms with Crippen LogP contribution in [0, 0.1) is 6.92 Å². The first-order valence-electron chi connectivity index (χ1n) is 10.4. The zero-order chi connectivity index (χ0) is 22.8. The van der Waals surface area contributed by atoms with Crippen molar-refractivity contribution in [2.24, 2.45) is 0 Å². The van der Waals surface area contributed by atoms with E-state index in [1.165, 1.54) is 0 Å². The molecule has 1 saturated carbocycles. The van der Waals surface area contributed by atoms with E-state index in [9.17, 15) is 18.3 Å². The molecule has 2 heterocycles. The number of aliphatic hydroxyl groups is 1. The van der Waals surface area contributed by atoms with Crippen LogP contribution in [0.15, 0.2) is 29.3 Å². The molecule has 0 atom stereocenters. The Morgan fingerprint density at radius 3 is 2.52 bits per heavy atom. The summed E-state index contributed by atoms with van der Waals surface area (Å²) in [4.78, 5) is 24.3. The van der Waals surface area contributed by atoms with Gasteiger partial charge >= 0.3 is 0 Å². The fourth-order valence-electron chi connectivity index (χ4n) is 4.72. The Morgan fingerprint density at radius 2 is 1.97 bits per heavy atom. The third-order valence-electron chi connectivity index (χ3n) is 6.21. The average molecular weight is 445 g/mol. The normalized spacial score (nSPS) is 25.1. The number of hydrogen-bond donors (Lipinski definition) is 2. The first kappa shape index (κ1) is 21.7. The van der Waals surface area contributed by atoms with Crippen molar-refractivity contribution in [2.45, 2.75) is 69.4 Å². The third kappa shape index (κ3) is 3.40. The van der Waals surface area contributed by atoms with Crippen LogP contribution in [-0.2, 0) is 20.0 Å². The smallest absolute Gasteiger partial charge is 0.239 e. The molecule has 1 spiro atoms. The molecule has 0 saturated heterocycles. The third-order valence-corrected chi connectivity index (χ3v) is 7.94. The summed E-state index contributed by atoms with van der Waals surface area (Å²) in [5, 5.41) is 13.5. The molecule has 31 heavy (non-hydrogen) atoms. The minimum Gasteiger partial charge on any atom is -0.390 e. The predicted molar refractivity (Wildman–Crippen MR) is 118 cm³/mol. The quantitative estimate of drug-likeness (QED) is 0.729. The molecule has 2 aromatic rings. The lowest BCUT2D eigenvalue weighted by atomic mass is 9.57. The maximum absolute atomic E-state index is 13.2. The number of carbonyl (C=O) groups is 1. The van der Waals surface area contributed by atoms with Crippen molar-refractivity contribution in [3.63, 3.8) is 0 Å². The van der Waals surface area contributed by atoms with E-state index in [0.29, 0.717) is 30.3 Å². The number of rotatable bonds is 5. The molecule has 1 fully saturated rings. The van der Waals surface area contributed by atoms with Crippen LogP contribution < -0.4 is 10.2 Å². The highest BCUT2D eigenvalue weighted by atomic mass is 32.2. The molecule has 166 valence electrons. The standard InChI is InChI=1S/C22H28N4O4S/c1-6-31(29,30)15-7-8-17(14(4)9-15)24-20-23-10-16-18(25-20)26(13(2)3)19(27)22(16)11-21(5,28)12-22/h7-10,13,28H,6,11-12H2,1-5H3,(H,23,24,25). The minimum atomic E-state index is -3.28. The maximum atomic E-state index is 13.2. The van der Waals surface area contributed by atoms with Crippen LogP contribution in [0.25, 0.3) is 0 Å². The van der Waals surface area contributed by atoms with Gasteiger partial charge in [0.25, 0.3) is 0 Å². The lowest BCUT2D eigenvalue weighted by Crippen LogP contribution is -2.58. The van der Waals surface area contributed by atoms with E-state index in [1.807, 2.05) is 20.8 Å². The second-order valence-corrected chi connectivity index (χ2v) is 11.4. The van der Waals surface area contributed by atoms with Gasteiger partial charge in [0.1, 0.15) is 5.82 Å². The molecule has 8 nitrogen and oxygen atoms in total. The summed E-state index contributed by atoms with van der Waals surface area (Å²) in [5.41, 5.74) is 0.574. The van der Waals surface area contributed by atoms with E-state index in [0.717, 1.165) is 11.1 Å². The Bertz CT molecular complexity index is 1170. The van der Waals surface area contributed by atoms with Crippen molar-refractivity contribution in [3.8, 4) is 0 Å². The molecule has 0 radical (unpaired) electrons. The Labute approximate surface area is 182 Å². The van der Waals surface area contributed by atoms with E-state index in [-0.39, 0.29) is 22.6 Å². The van der Waals surface area contributed by atoms with Crippen LogP contribution in [0.3, 0.4) is 0 Å². The highest BCUT2D eigenvalue weighted by Crippen LogP contribution is 2.57. The second-order valence-electron chi connectivity index (χ2n) is 9.14. The molecule has 0 bridgehead atoms. The van der Waals surface area contributed by atoms with Crippen molar-refractivity contribution < 1.29 is 18.3 Å². The van der Waals surface area contributed by atoms with Crippen LogP contribution in [0.2, 0.25) is 0 Å². The number of nitrogens with zero attached hydrogens (tertiary/aromatic N) is 3. The van der Waals surface area contributed by atoms with Gasteiger partial charge in [-0.25, -0.2) is 13.4 Å². The van der Waals surface area contributed by atoms with Crippen LogP contribution >= 0.6 is 0 Å². The number of sulfone groups is 1. The number of carbonyl (C=O) groups excluding carboxylic acids is 1. The summed E-state index contributed by atoms with van der Waals surface area (Å²) in [6.07, 6.45) is 2.39. The van der Waals surface area contributed by atoms with Crippen molar-refractivity contribution in [1.82, 2.24) is 9.97 Å². The zero-order valence-corrected chi connectivity index (χ0v) is 19.2. The van der Waals surface area contributed by atoms with E-state index in [4.69, 9.17) is 0 Å². The number of fused-ring (bicyclic) bond motifs is 2. The maximum Gasteiger partial charge on any atom is 0.239 e.